The molecule has 0 spiro atoms. The van der Waals surface area contributed by atoms with Gasteiger partial charge in [0.15, 0.2) is 0 Å². The molecule has 0 saturated heterocycles. The minimum absolute atomic E-state index is 0.198. The summed E-state index contributed by atoms with van der Waals surface area (Å²) >= 11 is 0. The van der Waals surface area contributed by atoms with Gasteiger partial charge in [-0.3, -0.25) is 0 Å². The highest BCUT2D eigenvalue weighted by Gasteiger charge is 2.14. The zero-order valence-corrected chi connectivity index (χ0v) is 9.23. The average molecular weight is 219 g/mol. The van der Waals surface area contributed by atoms with E-state index in [0.29, 0.717) is 17.3 Å². The van der Waals surface area contributed by atoms with E-state index in [2.05, 4.69) is 4.98 Å². The van der Waals surface area contributed by atoms with Gasteiger partial charge in [0.25, 0.3) is 0 Å². The number of methoxy groups -OCH3 is 1. The lowest BCUT2D eigenvalue weighted by Crippen LogP contribution is -1.89. The van der Waals surface area contributed by atoms with Gasteiger partial charge in [0.05, 0.1) is 7.11 Å². The van der Waals surface area contributed by atoms with E-state index in [4.69, 9.17) is 14.3 Å². The lowest BCUT2D eigenvalue weighted by Gasteiger charge is -2.05. The molecule has 1 N–H and O–H groups in total. The second kappa shape index (κ2) is 4.37. The third kappa shape index (κ3) is 1.79. The molecule has 0 aliphatic heterocycles. The number of nitrogens with zero attached hydrogens (tertiary/aromatic N) is 1. The molecule has 4 nitrogen and oxygen atoms in total. The minimum atomic E-state index is -0.198. The first-order valence-electron chi connectivity index (χ1n) is 4.96. The maximum Gasteiger partial charge on any atom is 0.220 e. The van der Waals surface area contributed by atoms with E-state index in [9.17, 15) is 0 Å². The first-order chi connectivity index (χ1) is 7.76. The van der Waals surface area contributed by atoms with E-state index in [0.717, 1.165) is 11.3 Å². The van der Waals surface area contributed by atoms with Crippen molar-refractivity contribution in [2.75, 3.05) is 7.11 Å². The molecule has 0 fully saturated rings. The van der Waals surface area contributed by atoms with Crippen molar-refractivity contribution in [3.05, 3.63) is 35.9 Å². The fraction of sp³-hybridized carbons (Fsp3) is 0.250. The van der Waals surface area contributed by atoms with Crippen LogP contribution in [0.4, 0.5) is 0 Å². The zero-order chi connectivity index (χ0) is 11.5. The number of aliphatic hydroxyl groups is 1. The van der Waals surface area contributed by atoms with Crippen LogP contribution in [0.25, 0.3) is 11.3 Å². The van der Waals surface area contributed by atoms with Gasteiger partial charge in [0.2, 0.25) is 5.89 Å². The smallest absolute Gasteiger partial charge is 0.220 e. The van der Waals surface area contributed by atoms with Gasteiger partial charge in [-0.05, 0) is 19.1 Å². The minimum Gasteiger partial charge on any atom is -0.496 e. The molecule has 0 atom stereocenters. The highest BCUT2D eigenvalue weighted by molar-refractivity contribution is 5.68. The molecule has 84 valence electrons. The Bertz CT molecular complexity index is 491. The zero-order valence-electron chi connectivity index (χ0n) is 9.23. The number of aromatic nitrogens is 1. The third-order valence-electron chi connectivity index (χ3n) is 2.34. The fourth-order valence-electron chi connectivity index (χ4n) is 1.61. The first-order valence-corrected chi connectivity index (χ1v) is 4.96. The summed E-state index contributed by atoms with van der Waals surface area (Å²) in [5, 5.41) is 8.96. The van der Waals surface area contributed by atoms with Gasteiger partial charge >= 0.3 is 0 Å². The second-order valence-electron chi connectivity index (χ2n) is 3.37. The van der Waals surface area contributed by atoms with Crippen LogP contribution in [-0.2, 0) is 6.61 Å². The molecule has 16 heavy (non-hydrogen) atoms. The summed E-state index contributed by atoms with van der Waals surface area (Å²) in [5.41, 5.74) is 1.58. The standard InChI is InChI=1S/C12H13NO3/c1-8-12(13-11(7-14)16-8)9-5-3-4-6-10(9)15-2/h3-6,14H,7H2,1-2H3. The summed E-state index contributed by atoms with van der Waals surface area (Å²) in [7, 11) is 1.61. The van der Waals surface area contributed by atoms with E-state index < -0.39 is 0 Å². The molecule has 0 unspecified atom stereocenters. The number of benzene rings is 1. The average Bonchev–Trinajstić information content (AvgIpc) is 2.70. The topological polar surface area (TPSA) is 55.5 Å². The highest BCUT2D eigenvalue weighted by atomic mass is 16.5. The van der Waals surface area contributed by atoms with Crippen LogP contribution in [0.2, 0.25) is 0 Å². The van der Waals surface area contributed by atoms with E-state index >= 15 is 0 Å². The second-order valence-corrected chi connectivity index (χ2v) is 3.37. The Kier molecular flexibility index (Phi) is 2.92. The number of aryl methyl sites for hydroxylation is 1. The Morgan fingerprint density at radius 1 is 1.38 bits per heavy atom. The van der Waals surface area contributed by atoms with Gasteiger partial charge in [-0.15, -0.1) is 0 Å². The maximum absolute atomic E-state index is 8.96. The fourth-order valence-corrected chi connectivity index (χ4v) is 1.61. The number of rotatable bonds is 3. The van der Waals surface area contributed by atoms with E-state index in [-0.39, 0.29) is 6.61 Å². The molecule has 2 rings (SSSR count). The van der Waals surface area contributed by atoms with Crippen molar-refractivity contribution in [3.8, 4) is 17.0 Å². The Balaban J connectivity index is 2.53. The van der Waals surface area contributed by atoms with Crippen LogP contribution < -0.4 is 4.74 Å². The lowest BCUT2D eigenvalue weighted by molar-refractivity contribution is 0.238. The summed E-state index contributed by atoms with van der Waals surface area (Å²) in [6.45, 7) is 1.62. The van der Waals surface area contributed by atoms with Crippen molar-refractivity contribution in [1.82, 2.24) is 4.98 Å². The molecule has 0 bridgehead atoms. The number of ether oxygens (including phenoxy) is 1. The Morgan fingerprint density at radius 2 is 2.12 bits per heavy atom. The van der Waals surface area contributed by atoms with Gasteiger partial charge < -0.3 is 14.3 Å². The van der Waals surface area contributed by atoms with Crippen molar-refractivity contribution in [3.63, 3.8) is 0 Å². The van der Waals surface area contributed by atoms with Crippen molar-refractivity contribution >= 4 is 0 Å². The number of oxazole rings is 1. The molecule has 0 radical (unpaired) electrons. The quantitative estimate of drug-likeness (QED) is 0.859. The van der Waals surface area contributed by atoms with Crippen molar-refractivity contribution in [2.45, 2.75) is 13.5 Å². The van der Waals surface area contributed by atoms with Crippen LogP contribution >= 0.6 is 0 Å². The maximum atomic E-state index is 8.96. The van der Waals surface area contributed by atoms with Crippen LogP contribution in [0.3, 0.4) is 0 Å². The summed E-state index contributed by atoms with van der Waals surface area (Å²) in [6.07, 6.45) is 0. The molecule has 0 aliphatic carbocycles. The van der Waals surface area contributed by atoms with Crippen molar-refractivity contribution in [2.24, 2.45) is 0 Å². The predicted octanol–water partition coefficient (Wildman–Crippen LogP) is 2.15. The number of para-hydroxylation sites is 1. The van der Waals surface area contributed by atoms with Crippen molar-refractivity contribution < 1.29 is 14.3 Å². The summed E-state index contributed by atoms with van der Waals surface area (Å²) in [4.78, 5) is 4.21. The largest absolute Gasteiger partial charge is 0.496 e. The summed E-state index contributed by atoms with van der Waals surface area (Å²) in [5.74, 6) is 1.73. The molecular formula is C12H13NO3. The Labute approximate surface area is 93.5 Å². The molecule has 2 aromatic rings. The van der Waals surface area contributed by atoms with E-state index in [1.54, 1.807) is 7.11 Å². The molecule has 4 heteroatoms. The number of hydrogen-bond acceptors (Lipinski definition) is 4. The van der Waals surface area contributed by atoms with Gasteiger partial charge in [-0.25, -0.2) is 4.98 Å². The van der Waals surface area contributed by atoms with Gasteiger partial charge in [0, 0.05) is 5.56 Å². The van der Waals surface area contributed by atoms with Gasteiger partial charge in [-0.2, -0.15) is 0 Å². The van der Waals surface area contributed by atoms with Crippen molar-refractivity contribution in [1.29, 1.82) is 0 Å². The molecule has 1 aromatic heterocycles. The number of aliphatic hydroxyl groups excluding tert-OH is 1. The molecule has 0 saturated carbocycles. The first kappa shape index (κ1) is 10.7. The Hall–Kier alpha value is -1.81. The van der Waals surface area contributed by atoms with Crippen LogP contribution in [0.1, 0.15) is 11.7 Å². The van der Waals surface area contributed by atoms with E-state index in [1.165, 1.54) is 0 Å². The normalized spacial score (nSPS) is 10.4. The molecule has 0 amide bonds. The summed E-state index contributed by atoms with van der Waals surface area (Å²) < 4.78 is 10.6. The molecular weight excluding hydrogens is 206 g/mol. The number of hydrogen-bond donors (Lipinski definition) is 1. The van der Waals surface area contributed by atoms with E-state index in [1.807, 2.05) is 31.2 Å². The van der Waals surface area contributed by atoms with Gasteiger partial charge in [-0.1, -0.05) is 12.1 Å². The third-order valence-corrected chi connectivity index (χ3v) is 2.34. The molecule has 1 aromatic carbocycles. The monoisotopic (exact) mass is 219 g/mol. The lowest BCUT2D eigenvalue weighted by atomic mass is 10.1. The van der Waals surface area contributed by atoms with Crippen LogP contribution in [-0.4, -0.2) is 17.2 Å². The van der Waals surface area contributed by atoms with Crippen LogP contribution in [0, 0.1) is 6.92 Å². The van der Waals surface area contributed by atoms with Gasteiger partial charge in [0.1, 0.15) is 23.8 Å². The highest BCUT2D eigenvalue weighted by Crippen LogP contribution is 2.31. The van der Waals surface area contributed by atoms with Crippen LogP contribution in [0.5, 0.6) is 5.75 Å². The predicted molar refractivity (Wildman–Crippen MR) is 59.2 cm³/mol. The molecule has 1 heterocycles. The summed E-state index contributed by atoms with van der Waals surface area (Å²) in [6, 6.07) is 7.57. The Morgan fingerprint density at radius 3 is 2.75 bits per heavy atom. The SMILES string of the molecule is COc1ccccc1-c1nc(CO)oc1C. The van der Waals surface area contributed by atoms with Crippen LogP contribution in [0.15, 0.2) is 28.7 Å². The molecule has 0 aliphatic rings.